The number of nitrogens with zero attached hydrogens (tertiary/aromatic N) is 5. The number of carbonyl (C=O) groups is 1. The molecular formula is C23H25N5O4. The van der Waals surface area contributed by atoms with Crippen molar-refractivity contribution in [1.29, 1.82) is 0 Å². The van der Waals surface area contributed by atoms with Crippen LogP contribution in [0.3, 0.4) is 0 Å². The number of rotatable bonds is 6. The fourth-order valence-corrected chi connectivity index (χ4v) is 4.97. The Morgan fingerprint density at radius 1 is 1.03 bits per heavy atom. The molecule has 3 aromatic rings. The van der Waals surface area contributed by atoms with Crippen molar-refractivity contribution >= 4 is 5.91 Å². The number of piperidine rings is 1. The molecule has 2 bridgehead atoms. The zero-order valence-corrected chi connectivity index (χ0v) is 18.3. The first kappa shape index (κ1) is 20.3. The van der Waals surface area contributed by atoms with Gasteiger partial charge in [-0.1, -0.05) is 0 Å². The lowest BCUT2D eigenvalue weighted by Gasteiger charge is -2.27. The van der Waals surface area contributed by atoms with Crippen LogP contribution in [0.2, 0.25) is 0 Å². The number of hydrogen-bond acceptors (Lipinski definition) is 7. The number of tetrazole rings is 1. The summed E-state index contributed by atoms with van der Waals surface area (Å²) in [6.07, 6.45) is 4.92. The third-order valence-corrected chi connectivity index (χ3v) is 6.46. The first-order chi connectivity index (χ1) is 15.6. The molecule has 32 heavy (non-hydrogen) atoms. The fourth-order valence-electron chi connectivity index (χ4n) is 4.97. The molecule has 2 aromatic carbocycles. The minimum absolute atomic E-state index is 0.0350. The molecule has 2 aliphatic rings. The van der Waals surface area contributed by atoms with Gasteiger partial charge in [-0.25, -0.2) is 4.68 Å². The number of amides is 1. The van der Waals surface area contributed by atoms with Crippen molar-refractivity contribution in [3.05, 3.63) is 42.2 Å². The molecule has 2 atom stereocenters. The number of aromatic nitrogens is 4. The summed E-state index contributed by atoms with van der Waals surface area (Å²) in [6, 6.07) is 9.70. The first-order valence-electron chi connectivity index (χ1n) is 10.6. The van der Waals surface area contributed by atoms with Crippen LogP contribution in [0.1, 0.15) is 29.6 Å². The van der Waals surface area contributed by atoms with E-state index in [1.54, 1.807) is 26.0 Å². The highest BCUT2D eigenvalue weighted by molar-refractivity contribution is 5.97. The Morgan fingerprint density at radius 2 is 1.88 bits per heavy atom. The van der Waals surface area contributed by atoms with Crippen LogP contribution in [0.15, 0.2) is 36.7 Å². The molecule has 1 amide bonds. The van der Waals surface area contributed by atoms with Crippen LogP contribution < -0.4 is 14.2 Å². The van der Waals surface area contributed by atoms with Crippen molar-refractivity contribution < 1.29 is 19.0 Å². The molecule has 0 N–H and O–H groups in total. The normalized spacial score (nSPS) is 19.3. The Morgan fingerprint density at radius 3 is 2.50 bits per heavy atom. The van der Waals surface area contributed by atoms with E-state index in [1.807, 2.05) is 35.2 Å². The van der Waals surface area contributed by atoms with Crippen molar-refractivity contribution in [2.75, 3.05) is 27.9 Å². The van der Waals surface area contributed by atoms with Gasteiger partial charge in [0.1, 0.15) is 6.33 Å². The summed E-state index contributed by atoms with van der Waals surface area (Å²) < 4.78 is 18.2. The van der Waals surface area contributed by atoms with E-state index in [2.05, 4.69) is 15.5 Å². The van der Waals surface area contributed by atoms with Gasteiger partial charge in [-0.05, 0) is 71.5 Å². The molecule has 0 spiro atoms. The largest absolute Gasteiger partial charge is 0.493 e. The maximum absolute atomic E-state index is 13.5. The van der Waals surface area contributed by atoms with Crippen LogP contribution in [0.4, 0.5) is 0 Å². The second kappa shape index (κ2) is 8.14. The number of fused-ring (bicyclic) bond motifs is 2. The summed E-state index contributed by atoms with van der Waals surface area (Å²) in [6.45, 7) is 0.827. The maximum Gasteiger partial charge on any atom is 0.254 e. The predicted octanol–water partition coefficient (Wildman–Crippen LogP) is 2.98. The SMILES string of the molecule is COc1ccc(-c2cc(C(=O)N3CC4CCC3C4)cc(-n3cnnn3)c2)c(OC)c1OC. The molecule has 1 aliphatic carbocycles. The van der Waals surface area contributed by atoms with Crippen molar-refractivity contribution in [3.63, 3.8) is 0 Å². The Balaban J connectivity index is 1.64. The van der Waals surface area contributed by atoms with E-state index in [0.29, 0.717) is 40.5 Å². The van der Waals surface area contributed by atoms with Gasteiger partial charge in [0.15, 0.2) is 11.5 Å². The minimum atomic E-state index is 0.0350. The van der Waals surface area contributed by atoms with Crippen LogP contribution in [0, 0.1) is 5.92 Å². The lowest BCUT2D eigenvalue weighted by molar-refractivity contribution is 0.0703. The van der Waals surface area contributed by atoms with E-state index in [0.717, 1.165) is 30.5 Å². The van der Waals surface area contributed by atoms with Gasteiger partial charge >= 0.3 is 0 Å². The van der Waals surface area contributed by atoms with E-state index in [-0.39, 0.29) is 5.91 Å². The highest BCUT2D eigenvalue weighted by atomic mass is 16.5. The summed E-state index contributed by atoms with van der Waals surface area (Å²) in [5.41, 5.74) is 2.86. The van der Waals surface area contributed by atoms with E-state index in [4.69, 9.17) is 14.2 Å². The second-order valence-electron chi connectivity index (χ2n) is 8.20. The quantitative estimate of drug-likeness (QED) is 0.588. The number of likely N-dealkylation sites (tertiary alicyclic amines) is 1. The van der Waals surface area contributed by atoms with Crippen LogP contribution in [-0.4, -0.2) is 64.9 Å². The van der Waals surface area contributed by atoms with Crippen LogP contribution in [0.5, 0.6) is 17.2 Å². The van der Waals surface area contributed by atoms with Gasteiger partial charge < -0.3 is 19.1 Å². The Bertz CT molecular complexity index is 1150. The van der Waals surface area contributed by atoms with Gasteiger partial charge in [0, 0.05) is 23.7 Å². The molecule has 1 saturated heterocycles. The van der Waals surface area contributed by atoms with Gasteiger partial charge in [-0.2, -0.15) is 0 Å². The van der Waals surface area contributed by atoms with Crippen molar-refractivity contribution in [3.8, 4) is 34.1 Å². The number of benzene rings is 2. The molecule has 1 aromatic heterocycles. The number of hydrogen-bond donors (Lipinski definition) is 0. The first-order valence-corrected chi connectivity index (χ1v) is 10.6. The summed E-state index contributed by atoms with van der Waals surface area (Å²) in [5, 5.41) is 11.5. The second-order valence-corrected chi connectivity index (χ2v) is 8.20. The van der Waals surface area contributed by atoms with Crippen LogP contribution >= 0.6 is 0 Å². The van der Waals surface area contributed by atoms with Crippen LogP contribution in [-0.2, 0) is 0 Å². The molecule has 5 rings (SSSR count). The van der Waals surface area contributed by atoms with Crippen molar-refractivity contribution in [2.45, 2.75) is 25.3 Å². The lowest BCUT2D eigenvalue weighted by atomic mass is 9.99. The minimum Gasteiger partial charge on any atom is -0.493 e. The zero-order chi connectivity index (χ0) is 22.2. The predicted molar refractivity (Wildman–Crippen MR) is 116 cm³/mol. The molecule has 9 heteroatoms. The highest BCUT2D eigenvalue weighted by Crippen LogP contribution is 2.45. The van der Waals surface area contributed by atoms with Crippen molar-refractivity contribution in [1.82, 2.24) is 25.1 Å². The Labute approximate surface area is 185 Å². The molecule has 2 heterocycles. The van der Waals surface area contributed by atoms with Gasteiger partial charge in [0.25, 0.3) is 5.91 Å². The molecule has 0 radical (unpaired) electrons. The average Bonchev–Trinajstić information content (AvgIpc) is 3.61. The van der Waals surface area contributed by atoms with Crippen LogP contribution in [0.25, 0.3) is 16.8 Å². The lowest BCUT2D eigenvalue weighted by Crippen LogP contribution is -2.37. The molecule has 2 unspecified atom stereocenters. The molecule has 2 fully saturated rings. The summed E-state index contributed by atoms with van der Waals surface area (Å²) in [5.74, 6) is 2.24. The Kier molecular flexibility index (Phi) is 5.16. The topological polar surface area (TPSA) is 91.6 Å². The van der Waals surface area contributed by atoms with Crippen molar-refractivity contribution in [2.24, 2.45) is 5.92 Å². The number of methoxy groups -OCH3 is 3. The summed E-state index contributed by atoms with van der Waals surface area (Å²) in [7, 11) is 4.73. The van der Waals surface area contributed by atoms with E-state index < -0.39 is 0 Å². The third kappa shape index (κ3) is 3.34. The molecule has 9 nitrogen and oxygen atoms in total. The molecular weight excluding hydrogens is 410 g/mol. The molecule has 1 saturated carbocycles. The molecule has 1 aliphatic heterocycles. The zero-order valence-electron chi connectivity index (χ0n) is 18.3. The van der Waals surface area contributed by atoms with Gasteiger partial charge in [0.2, 0.25) is 5.75 Å². The van der Waals surface area contributed by atoms with E-state index in [1.165, 1.54) is 12.7 Å². The number of carbonyl (C=O) groups excluding carboxylic acids is 1. The number of ether oxygens (including phenoxy) is 3. The van der Waals surface area contributed by atoms with Gasteiger partial charge in [-0.3, -0.25) is 4.79 Å². The van der Waals surface area contributed by atoms with E-state index in [9.17, 15) is 4.79 Å². The van der Waals surface area contributed by atoms with Gasteiger partial charge in [0.05, 0.1) is 27.0 Å². The van der Waals surface area contributed by atoms with Gasteiger partial charge in [-0.15, -0.1) is 5.10 Å². The van der Waals surface area contributed by atoms with E-state index >= 15 is 0 Å². The highest BCUT2D eigenvalue weighted by Gasteiger charge is 2.40. The average molecular weight is 435 g/mol. The monoisotopic (exact) mass is 435 g/mol. The summed E-state index contributed by atoms with van der Waals surface area (Å²) >= 11 is 0. The standard InChI is InChI=1S/C23H25N5O4/c1-30-20-7-6-19(21(31-2)22(20)32-3)15-9-16(11-18(10-15)28-13-24-25-26-28)23(29)27-12-14-4-5-17(27)8-14/h6-7,9-11,13-14,17H,4-5,8,12H2,1-3H3. The summed E-state index contributed by atoms with van der Waals surface area (Å²) in [4.78, 5) is 15.5. The smallest absolute Gasteiger partial charge is 0.254 e. The Hall–Kier alpha value is -3.62. The third-order valence-electron chi connectivity index (χ3n) is 6.46. The maximum atomic E-state index is 13.5. The fraction of sp³-hybridized carbons (Fsp3) is 0.391. The molecule has 166 valence electrons.